The third kappa shape index (κ3) is 4.78. The van der Waals surface area contributed by atoms with Crippen LogP contribution in [-0.2, 0) is 23.9 Å². The molecule has 1 aromatic rings. The summed E-state index contributed by atoms with van der Waals surface area (Å²) in [4.78, 5) is 46.5. The number of esters is 2. The number of carbonyl (C=O) groups excluding carboxylic acids is 2. The number of nitrogens with zero attached hydrogens (tertiary/aromatic N) is 1. The van der Waals surface area contributed by atoms with Crippen molar-refractivity contribution in [3.8, 4) is 0 Å². The predicted octanol–water partition coefficient (Wildman–Crippen LogP) is 2.02. The van der Waals surface area contributed by atoms with Crippen LogP contribution in [0.25, 0.3) is 0 Å². The number of rotatable bonds is 7. The van der Waals surface area contributed by atoms with Crippen LogP contribution in [0.15, 0.2) is 46.8 Å². The summed E-state index contributed by atoms with van der Waals surface area (Å²) in [6.07, 6.45) is -0.383. The Morgan fingerprint density at radius 1 is 1.17 bits per heavy atom. The van der Waals surface area contributed by atoms with Crippen molar-refractivity contribution in [1.29, 1.82) is 0 Å². The summed E-state index contributed by atoms with van der Waals surface area (Å²) < 4.78 is 9.91. The topological polar surface area (TPSA) is 145 Å². The Kier molecular flexibility index (Phi) is 6.71. The van der Waals surface area contributed by atoms with Crippen molar-refractivity contribution in [3.05, 3.63) is 62.5 Å². The second kappa shape index (κ2) is 9.00. The smallest absolute Gasteiger partial charge is 0.336 e. The number of aliphatic carboxylic acids is 1. The fourth-order valence-electron chi connectivity index (χ4n) is 3.11. The van der Waals surface area contributed by atoms with Crippen LogP contribution < -0.4 is 5.32 Å². The van der Waals surface area contributed by atoms with E-state index >= 15 is 0 Å². The van der Waals surface area contributed by atoms with Gasteiger partial charge in [-0.15, -0.1) is 0 Å². The average molecular weight is 404 g/mol. The van der Waals surface area contributed by atoms with Gasteiger partial charge in [-0.05, 0) is 19.4 Å². The van der Waals surface area contributed by atoms with Gasteiger partial charge in [0.15, 0.2) is 0 Å². The number of benzene rings is 1. The zero-order valence-corrected chi connectivity index (χ0v) is 16.1. The first kappa shape index (κ1) is 21.6. The van der Waals surface area contributed by atoms with Crippen molar-refractivity contribution in [2.75, 3.05) is 13.7 Å². The molecular formula is C19H20N2O8. The molecular weight excluding hydrogens is 384 g/mol. The van der Waals surface area contributed by atoms with Crippen LogP contribution in [0.5, 0.6) is 0 Å². The third-order valence-electron chi connectivity index (χ3n) is 4.35. The molecule has 1 aliphatic heterocycles. The minimum absolute atomic E-state index is 0.0434. The standard InChI is InChI=1S/C19H20N2O8/c1-10-15(18(24)28-3)17(12-5-4-6-13(9-12)21(26)27)16(11(2)20-10)19(25)29-8-7-14(22)23/h4-6,9,17,20H,7-8H2,1-3H3,(H,22,23). The van der Waals surface area contributed by atoms with Crippen LogP contribution in [0, 0.1) is 10.1 Å². The molecule has 29 heavy (non-hydrogen) atoms. The molecule has 1 unspecified atom stereocenters. The molecule has 0 radical (unpaired) electrons. The molecule has 0 saturated heterocycles. The maximum Gasteiger partial charge on any atom is 0.336 e. The minimum atomic E-state index is -1.13. The number of carbonyl (C=O) groups is 3. The summed E-state index contributed by atoms with van der Waals surface area (Å²) >= 11 is 0. The van der Waals surface area contributed by atoms with E-state index in [1.165, 1.54) is 25.3 Å². The zero-order chi connectivity index (χ0) is 21.7. The summed E-state index contributed by atoms with van der Waals surface area (Å²) in [5, 5.41) is 22.8. The fourth-order valence-corrected chi connectivity index (χ4v) is 3.11. The monoisotopic (exact) mass is 404 g/mol. The van der Waals surface area contributed by atoms with E-state index in [0.717, 1.165) is 0 Å². The molecule has 1 heterocycles. The SMILES string of the molecule is COC(=O)C1=C(C)NC(C)=C(C(=O)OCCC(=O)O)C1c1cccc([N+](=O)[O-])c1. The second-order valence-corrected chi connectivity index (χ2v) is 6.26. The summed E-state index contributed by atoms with van der Waals surface area (Å²) in [5.74, 6) is -3.66. The van der Waals surface area contributed by atoms with Crippen molar-refractivity contribution in [3.63, 3.8) is 0 Å². The molecule has 0 saturated carbocycles. The molecule has 10 nitrogen and oxygen atoms in total. The Morgan fingerprint density at radius 2 is 1.79 bits per heavy atom. The van der Waals surface area contributed by atoms with Gasteiger partial charge >= 0.3 is 17.9 Å². The van der Waals surface area contributed by atoms with Gasteiger partial charge in [-0.25, -0.2) is 9.59 Å². The predicted molar refractivity (Wildman–Crippen MR) is 99.6 cm³/mol. The van der Waals surface area contributed by atoms with Gasteiger partial charge in [-0.1, -0.05) is 12.1 Å². The van der Waals surface area contributed by atoms with Crippen LogP contribution >= 0.6 is 0 Å². The van der Waals surface area contributed by atoms with E-state index in [9.17, 15) is 24.5 Å². The number of nitrogens with one attached hydrogen (secondary N) is 1. The Bertz CT molecular complexity index is 932. The number of nitro groups is 1. The van der Waals surface area contributed by atoms with Crippen molar-refractivity contribution in [2.24, 2.45) is 0 Å². The first-order valence-electron chi connectivity index (χ1n) is 8.57. The van der Waals surface area contributed by atoms with E-state index in [4.69, 9.17) is 14.6 Å². The summed E-state index contributed by atoms with van der Waals surface area (Å²) in [7, 11) is 1.18. The third-order valence-corrected chi connectivity index (χ3v) is 4.35. The number of non-ortho nitro benzene ring substituents is 1. The Morgan fingerprint density at radius 3 is 2.34 bits per heavy atom. The van der Waals surface area contributed by atoms with Crippen molar-refractivity contribution in [2.45, 2.75) is 26.2 Å². The number of hydrogen-bond acceptors (Lipinski definition) is 8. The number of carboxylic acid groups (broad SMARTS) is 1. The van der Waals surface area contributed by atoms with E-state index in [1.807, 2.05) is 0 Å². The van der Waals surface area contributed by atoms with Crippen molar-refractivity contribution < 1.29 is 33.9 Å². The highest BCUT2D eigenvalue weighted by atomic mass is 16.6. The molecule has 0 amide bonds. The molecule has 0 bridgehead atoms. The lowest BCUT2D eigenvalue weighted by Crippen LogP contribution is -2.32. The van der Waals surface area contributed by atoms with Gasteiger partial charge in [0.25, 0.3) is 5.69 Å². The van der Waals surface area contributed by atoms with Crippen LogP contribution in [0.3, 0.4) is 0 Å². The van der Waals surface area contributed by atoms with Gasteiger partial charge in [0.2, 0.25) is 0 Å². The Balaban J connectivity index is 2.57. The lowest BCUT2D eigenvalue weighted by Gasteiger charge is -2.30. The van der Waals surface area contributed by atoms with Gasteiger partial charge in [0.1, 0.15) is 6.61 Å². The second-order valence-electron chi connectivity index (χ2n) is 6.26. The van der Waals surface area contributed by atoms with E-state index in [1.54, 1.807) is 19.9 Å². The molecule has 1 aromatic carbocycles. The molecule has 2 rings (SSSR count). The van der Waals surface area contributed by atoms with Crippen LogP contribution in [-0.4, -0.2) is 41.7 Å². The molecule has 0 fully saturated rings. The Hall–Kier alpha value is -3.69. The van der Waals surface area contributed by atoms with Gasteiger partial charge in [-0.3, -0.25) is 14.9 Å². The highest BCUT2D eigenvalue weighted by Crippen LogP contribution is 2.40. The van der Waals surface area contributed by atoms with Gasteiger partial charge in [-0.2, -0.15) is 0 Å². The van der Waals surface area contributed by atoms with E-state index in [2.05, 4.69) is 5.32 Å². The first-order valence-corrected chi connectivity index (χ1v) is 8.57. The van der Waals surface area contributed by atoms with Gasteiger partial charge < -0.3 is 19.9 Å². The van der Waals surface area contributed by atoms with Crippen LogP contribution in [0.4, 0.5) is 5.69 Å². The average Bonchev–Trinajstić information content (AvgIpc) is 2.66. The highest BCUT2D eigenvalue weighted by molar-refractivity contribution is 6.00. The number of methoxy groups -OCH3 is 1. The summed E-state index contributed by atoms with van der Waals surface area (Å²) in [6.45, 7) is 2.85. The van der Waals surface area contributed by atoms with Crippen molar-refractivity contribution in [1.82, 2.24) is 5.32 Å². The Labute approximate surface area is 165 Å². The normalized spacial score (nSPS) is 16.2. The number of carboxylic acids is 1. The van der Waals surface area contributed by atoms with E-state index in [-0.39, 0.29) is 29.9 Å². The van der Waals surface area contributed by atoms with Gasteiger partial charge in [0, 0.05) is 23.5 Å². The van der Waals surface area contributed by atoms with E-state index < -0.39 is 28.7 Å². The van der Waals surface area contributed by atoms with Crippen LogP contribution in [0.2, 0.25) is 0 Å². The summed E-state index contributed by atoms with van der Waals surface area (Å²) in [6, 6.07) is 5.56. The van der Waals surface area contributed by atoms with Gasteiger partial charge in [0.05, 0.1) is 35.5 Å². The lowest BCUT2D eigenvalue weighted by atomic mass is 9.80. The minimum Gasteiger partial charge on any atom is -0.481 e. The van der Waals surface area contributed by atoms with E-state index in [0.29, 0.717) is 17.0 Å². The molecule has 1 aliphatic rings. The molecule has 2 N–H and O–H groups in total. The van der Waals surface area contributed by atoms with Crippen molar-refractivity contribution >= 4 is 23.6 Å². The molecule has 0 aromatic heterocycles. The quantitative estimate of drug-likeness (QED) is 0.396. The largest absolute Gasteiger partial charge is 0.481 e. The van der Waals surface area contributed by atoms with Crippen LogP contribution in [0.1, 0.15) is 31.7 Å². The number of ether oxygens (including phenoxy) is 2. The number of nitro benzene ring substituents is 1. The maximum atomic E-state index is 12.7. The zero-order valence-electron chi connectivity index (χ0n) is 16.1. The number of hydrogen-bond donors (Lipinski definition) is 2. The lowest BCUT2D eigenvalue weighted by molar-refractivity contribution is -0.384. The summed E-state index contributed by atoms with van der Waals surface area (Å²) in [5.41, 5.74) is 1.06. The maximum absolute atomic E-state index is 12.7. The first-order chi connectivity index (χ1) is 13.7. The fraction of sp³-hybridized carbons (Fsp3) is 0.316. The number of allylic oxidation sites excluding steroid dienone is 2. The molecule has 0 spiro atoms. The molecule has 10 heteroatoms. The highest BCUT2D eigenvalue weighted by Gasteiger charge is 2.38. The molecule has 0 aliphatic carbocycles. The molecule has 1 atom stereocenters. The number of dihydropyridines is 1. The molecule has 154 valence electrons.